The standard InChI is InChI=1S/C23H38O2/c1-19(2)11-8-12-20(3)13-9-14-21(4)15-10-18-23(24)25-22-16-6-5-7-17-22/h11,13,15,22H,5-10,12,14,16-18H2,1-4H3. The van der Waals surface area contributed by atoms with E-state index in [-0.39, 0.29) is 12.1 Å². The van der Waals surface area contributed by atoms with Gasteiger partial charge in [-0.1, -0.05) is 41.4 Å². The van der Waals surface area contributed by atoms with Crippen LogP contribution in [0.5, 0.6) is 0 Å². The molecule has 0 aliphatic heterocycles. The molecule has 0 unspecified atom stereocenters. The van der Waals surface area contributed by atoms with Crippen molar-refractivity contribution < 1.29 is 9.53 Å². The van der Waals surface area contributed by atoms with Crippen LogP contribution in [0.15, 0.2) is 34.9 Å². The van der Waals surface area contributed by atoms with E-state index in [1.165, 1.54) is 36.0 Å². The van der Waals surface area contributed by atoms with Gasteiger partial charge in [0.05, 0.1) is 0 Å². The Hall–Kier alpha value is -1.31. The molecule has 2 nitrogen and oxygen atoms in total. The van der Waals surface area contributed by atoms with Crippen molar-refractivity contribution in [3.63, 3.8) is 0 Å². The maximum absolute atomic E-state index is 11.9. The Bertz CT molecular complexity index is 472. The van der Waals surface area contributed by atoms with Crippen molar-refractivity contribution in [2.24, 2.45) is 0 Å². The minimum absolute atomic E-state index is 0.0223. The summed E-state index contributed by atoms with van der Waals surface area (Å²) in [6.07, 6.45) is 18.7. The maximum Gasteiger partial charge on any atom is 0.306 e. The SMILES string of the molecule is CC(C)=CCCC(C)=CCCC(C)=CCCC(=O)OC1CCCCC1. The van der Waals surface area contributed by atoms with Crippen LogP contribution in [0, 0.1) is 0 Å². The summed E-state index contributed by atoms with van der Waals surface area (Å²) in [7, 11) is 0. The van der Waals surface area contributed by atoms with Crippen molar-refractivity contribution in [3.05, 3.63) is 34.9 Å². The molecule has 1 fully saturated rings. The van der Waals surface area contributed by atoms with Gasteiger partial charge in [-0.3, -0.25) is 4.79 Å². The van der Waals surface area contributed by atoms with E-state index in [9.17, 15) is 4.79 Å². The Kier molecular flexibility index (Phi) is 11.3. The third-order valence-electron chi connectivity index (χ3n) is 4.81. The molecule has 1 saturated carbocycles. The van der Waals surface area contributed by atoms with Gasteiger partial charge in [-0.2, -0.15) is 0 Å². The van der Waals surface area contributed by atoms with E-state index in [0.717, 1.165) is 44.9 Å². The number of hydrogen-bond donors (Lipinski definition) is 0. The van der Waals surface area contributed by atoms with Gasteiger partial charge in [-0.25, -0.2) is 0 Å². The molecule has 0 saturated heterocycles. The van der Waals surface area contributed by atoms with Crippen LogP contribution in [0.3, 0.4) is 0 Å². The zero-order valence-corrected chi connectivity index (χ0v) is 16.9. The predicted molar refractivity (Wildman–Crippen MR) is 108 cm³/mol. The molecule has 0 bridgehead atoms. The predicted octanol–water partition coefficient (Wildman–Crippen LogP) is 7.06. The number of esters is 1. The van der Waals surface area contributed by atoms with E-state index in [1.807, 2.05) is 0 Å². The van der Waals surface area contributed by atoms with Crippen LogP contribution in [0.25, 0.3) is 0 Å². The van der Waals surface area contributed by atoms with Gasteiger partial charge in [0.1, 0.15) is 6.10 Å². The van der Waals surface area contributed by atoms with Gasteiger partial charge >= 0.3 is 5.97 Å². The van der Waals surface area contributed by atoms with Crippen LogP contribution in [-0.2, 0) is 9.53 Å². The minimum Gasteiger partial charge on any atom is -0.462 e. The fourth-order valence-electron chi connectivity index (χ4n) is 3.20. The summed E-state index contributed by atoms with van der Waals surface area (Å²) < 4.78 is 5.56. The molecular formula is C23H38O2. The van der Waals surface area contributed by atoms with Crippen LogP contribution >= 0.6 is 0 Å². The molecule has 2 heteroatoms. The average Bonchev–Trinajstić information content (AvgIpc) is 2.55. The van der Waals surface area contributed by atoms with Crippen LogP contribution < -0.4 is 0 Å². The highest BCUT2D eigenvalue weighted by atomic mass is 16.5. The first kappa shape index (κ1) is 21.7. The molecule has 1 rings (SSSR count). The molecule has 0 amide bonds. The lowest BCUT2D eigenvalue weighted by molar-refractivity contribution is -0.150. The molecule has 0 heterocycles. The van der Waals surface area contributed by atoms with E-state index in [4.69, 9.17) is 4.74 Å². The Morgan fingerprint density at radius 1 is 0.800 bits per heavy atom. The molecule has 0 atom stereocenters. The Morgan fingerprint density at radius 2 is 1.32 bits per heavy atom. The van der Waals surface area contributed by atoms with E-state index < -0.39 is 0 Å². The van der Waals surface area contributed by atoms with Crippen molar-refractivity contribution in [2.75, 3.05) is 0 Å². The summed E-state index contributed by atoms with van der Waals surface area (Å²) in [5.74, 6) is -0.0223. The summed E-state index contributed by atoms with van der Waals surface area (Å²) in [4.78, 5) is 11.9. The summed E-state index contributed by atoms with van der Waals surface area (Å²) in [6, 6.07) is 0. The molecule has 0 aromatic rings. The van der Waals surface area contributed by atoms with Gasteiger partial charge in [0.15, 0.2) is 0 Å². The molecule has 0 N–H and O–H groups in total. The normalized spacial score (nSPS) is 16.6. The highest BCUT2D eigenvalue weighted by Gasteiger charge is 2.16. The van der Waals surface area contributed by atoms with Gasteiger partial charge in [0.2, 0.25) is 0 Å². The summed E-state index contributed by atoms with van der Waals surface area (Å²) >= 11 is 0. The highest BCUT2D eigenvalue weighted by molar-refractivity contribution is 5.69. The molecule has 0 aromatic heterocycles. The van der Waals surface area contributed by atoms with Crippen LogP contribution in [0.4, 0.5) is 0 Å². The van der Waals surface area contributed by atoms with E-state index >= 15 is 0 Å². The van der Waals surface area contributed by atoms with E-state index in [0.29, 0.717) is 6.42 Å². The van der Waals surface area contributed by atoms with Gasteiger partial charge in [-0.15, -0.1) is 0 Å². The number of ether oxygens (including phenoxy) is 1. The van der Waals surface area contributed by atoms with E-state index in [2.05, 4.69) is 45.9 Å². The number of carbonyl (C=O) groups excluding carboxylic acids is 1. The number of carbonyl (C=O) groups is 1. The lowest BCUT2D eigenvalue weighted by Gasteiger charge is -2.21. The molecule has 0 aromatic carbocycles. The van der Waals surface area contributed by atoms with Crippen LogP contribution in [0.1, 0.15) is 98.3 Å². The van der Waals surface area contributed by atoms with Crippen molar-refractivity contribution in [3.8, 4) is 0 Å². The van der Waals surface area contributed by atoms with E-state index in [1.54, 1.807) is 0 Å². The highest BCUT2D eigenvalue weighted by Crippen LogP contribution is 2.21. The molecular weight excluding hydrogens is 308 g/mol. The smallest absolute Gasteiger partial charge is 0.306 e. The second kappa shape index (κ2) is 13.0. The maximum atomic E-state index is 11.9. The van der Waals surface area contributed by atoms with Crippen molar-refractivity contribution in [2.45, 2.75) is 104 Å². The summed E-state index contributed by atoms with van der Waals surface area (Å²) in [5.41, 5.74) is 4.24. The van der Waals surface area contributed by atoms with Crippen molar-refractivity contribution >= 4 is 5.97 Å². The monoisotopic (exact) mass is 346 g/mol. The third-order valence-corrected chi connectivity index (χ3v) is 4.81. The zero-order valence-electron chi connectivity index (χ0n) is 16.9. The van der Waals surface area contributed by atoms with Gasteiger partial charge in [0, 0.05) is 6.42 Å². The number of hydrogen-bond acceptors (Lipinski definition) is 2. The van der Waals surface area contributed by atoms with Crippen molar-refractivity contribution in [1.29, 1.82) is 0 Å². The van der Waals surface area contributed by atoms with Crippen LogP contribution in [0.2, 0.25) is 0 Å². The quantitative estimate of drug-likeness (QED) is 0.312. The largest absolute Gasteiger partial charge is 0.462 e. The Balaban J connectivity index is 2.15. The molecule has 0 spiro atoms. The minimum atomic E-state index is -0.0223. The second-order valence-electron chi connectivity index (χ2n) is 7.75. The zero-order chi connectivity index (χ0) is 18.5. The molecule has 142 valence electrons. The number of allylic oxidation sites excluding steroid dienone is 6. The fourth-order valence-corrected chi connectivity index (χ4v) is 3.20. The first-order chi connectivity index (χ1) is 12.0. The van der Waals surface area contributed by atoms with Gasteiger partial charge < -0.3 is 4.74 Å². The lowest BCUT2D eigenvalue weighted by Crippen LogP contribution is -2.20. The van der Waals surface area contributed by atoms with Gasteiger partial charge in [0.25, 0.3) is 0 Å². The van der Waals surface area contributed by atoms with Crippen molar-refractivity contribution in [1.82, 2.24) is 0 Å². The van der Waals surface area contributed by atoms with Crippen LogP contribution in [-0.4, -0.2) is 12.1 Å². The summed E-state index contributed by atoms with van der Waals surface area (Å²) in [5, 5.41) is 0. The first-order valence-electron chi connectivity index (χ1n) is 10.1. The average molecular weight is 347 g/mol. The second-order valence-corrected chi connectivity index (χ2v) is 7.75. The fraction of sp³-hybridized carbons (Fsp3) is 0.696. The molecule has 25 heavy (non-hydrogen) atoms. The molecule has 1 aliphatic rings. The topological polar surface area (TPSA) is 26.3 Å². The lowest BCUT2D eigenvalue weighted by atomic mass is 9.98. The molecule has 0 radical (unpaired) electrons. The van der Waals surface area contributed by atoms with Gasteiger partial charge in [-0.05, 0) is 85.5 Å². The number of rotatable bonds is 10. The first-order valence-corrected chi connectivity index (χ1v) is 10.1. The Morgan fingerprint density at radius 3 is 1.88 bits per heavy atom. The summed E-state index contributed by atoms with van der Waals surface area (Å²) in [6.45, 7) is 8.69. The molecule has 1 aliphatic carbocycles. The third kappa shape index (κ3) is 11.8. The Labute approximate surface area is 155 Å².